The largest absolute Gasteiger partial charge is 0.393 e. The summed E-state index contributed by atoms with van der Waals surface area (Å²) in [6.45, 7) is 0.596. The summed E-state index contributed by atoms with van der Waals surface area (Å²) in [4.78, 5) is 27.9. The molecule has 1 heterocycles. The van der Waals surface area contributed by atoms with Crippen LogP contribution in [0.2, 0.25) is 0 Å². The molecule has 1 aromatic heterocycles. The molecule has 27 heavy (non-hydrogen) atoms. The zero-order valence-corrected chi connectivity index (χ0v) is 15.5. The van der Waals surface area contributed by atoms with E-state index in [1.807, 2.05) is 6.07 Å². The number of benzene rings is 1. The predicted octanol–water partition coefficient (Wildman–Crippen LogP) is 3.04. The van der Waals surface area contributed by atoms with E-state index in [0.29, 0.717) is 17.6 Å². The van der Waals surface area contributed by atoms with Crippen LogP contribution < -0.4 is 11.0 Å². The number of hydrogen-bond acceptors (Lipinski definition) is 3. The molecule has 0 radical (unpaired) electrons. The highest BCUT2D eigenvalue weighted by Crippen LogP contribution is 2.30. The van der Waals surface area contributed by atoms with Gasteiger partial charge in [0.1, 0.15) is 0 Å². The third-order valence-corrected chi connectivity index (χ3v) is 5.87. The number of carbonyl (C=O) groups excluding carboxylic acids is 1. The summed E-state index contributed by atoms with van der Waals surface area (Å²) in [5, 5.41) is 12.7. The van der Waals surface area contributed by atoms with Crippen molar-refractivity contribution in [3.05, 3.63) is 45.9 Å². The number of imidazole rings is 1. The lowest BCUT2D eigenvalue weighted by molar-refractivity contribution is 0.0956. The monoisotopic (exact) mass is 369 g/mol. The number of H-pyrrole nitrogens is 1. The maximum atomic E-state index is 12.5. The van der Waals surface area contributed by atoms with Crippen LogP contribution in [0.25, 0.3) is 11.0 Å². The van der Waals surface area contributed by atoms with Crippen LogP contribution in [0.5, 0.6) is 0 Å². The van der Waals surface area contributed by atoms with Crippen molar-refractivity contribution in [3.63, 3.8) is 0 Å². The number of amides is 1. The number of aromatic nitrogens is 2. The fourth-order valence-corrected chi connectivity index (χ4v) is 4.31. The van der Waals surface area contributed by atoms with Crippen LogP contribution in [0.15, 0.2) is 34.6 Å². The zero-order valence-electron chi connectivity index (χ0n) is 15.5. The Balaban J connectivity index is 1.51. The maximum Gasteiger partial charge on any atom is 0.326 e. The van der Waals surface area contributed by atoms with E-state index >= 15 is 0 Å². The summed E-state index contributed by atoms with van der Waals surface area (Å²) in [5.74, 6) is -0.113. The van der Waals surface area contributed by atoms with E-state index in [0.717, 1.165) is 44.0 Å². The number of aliphatic hydroxyl groups excluding tert-OH is 1. The molecule has 0 saturated heterocycles. The van der Waals surface area contributed by atoms with Gasteiger partial charge in [0.25, 0.3) is 5.91 Å². The van der Waals surface area contributed by atoms with E-state index < -0.39 is 0 Å². The molecule has 1 amide bonds. The van der Waals surface area contributed by atoms with Crippen molar-refractivity contribution < 1.29 is 9.90 Å². The minimum absolute atomic E-state index is 0.104. The van der Waals surface area contributed by atoms with E-state index in [1.54, 1.807) is 16.7 Å². The SMILES string of the molecule is O=C(NCC1=CCCCC1)c1ccc2c(c1)[nH]c(=O)n2C1CCC(O)CC1. The molecule has 1 fully saturated rings. The maximum absolute atomic E-state index is 12.5. The van der Waals surface area contributed by atoms with Gasteiger partial charge >= 0.3 is 5.69 Å². The third kappa shape index (κ3) is 3.86. The number of hydrogen-bond donors (Lipinski definition) is 3. The highest BCUT2D eigenvalue weighted by molar-refractivity contribution is 5.97. The molecule has 3 N–H and O–H groups in total. The van der Waals surface area contributed by atoms with Gasteiger partial charge in [0, 0.05) is 18.2 Å². The van der Waals surface area contributed by atoms with Crippen molar-refractivity contribution in [2.45, 2.75) is 63.5 Å². The van der Waals surface area contributed by atoms with Gasteiger partial charge in [-0.05, 0) is 69.6 Å². The number of nitrogens with one attached hydrogen (secondary N) is 2. The Morgan fingerprint density at radius 3 is 2.78 bits per heavy atom. The summed E-state index contributed by atoms with van der Waals surface area (Å²) in [6, 6.07) is 5.50. The Bertz CT molecular complexity index is 916. The van der Waals surface area contributed by atoms with E-state index in [1.165, 1.54) is 18.4 Å². The number of allylic oxidation sites excluding steroid dienone is 1. The van der Waals surface area contributed by atoms with E-state index in [9.17, 15) is 14.7 Å². The van der Waals surface area contributed by atoms with Crippen molar-refractivity contribution in [1.29, 1.82) is 0 Å². The van der Waals surface area contributed by atoms with Gasteiger partial charge in [0.05, 0.1) is 17.1 Å². The van der Waals surface area contributed by atoms with Gasteiger partial charge in [0.2, 0.25) is 0 Å². The Kier molecular flexibility index (Phi) is 5.16. The van der Waals surface area contributed by atoms with Gasteiger partial charge in [-0.25, -0.2) is 4.79 Å². The Morgan fingerprint density at radius 1 is 1.22 bits per heavy atom. The van der Waals surface area contributed by atoms with E-state index in [4.69, 9.17) is 0 Å². The highest BCUT2D eigenvalue weighted by atomic mass is 16.3. The van der Waals surface area contributed by atoms with Crippen LogP contribution in [0.1, 0.15) is 67.8 Å². The molecule has 144 valence electrons. The Labute approximate surface area is 158 Å². The summed E-state index contributed by atoms with van der Waals surface area (Å²) in [6.07, 6.45) is 9.61. The van der Waals surface area contributed by atoms with E-state index in [-0.39, 0.29) is 23.7 Å². The second kappa shape index (κ2) is 7.72. The number of aromatic amines is 1. The average Bonchev–Trinajstić information content (AvgIpc) is 3.02. The molecule has 6 heteroatoms. The number of fused-ring (bicyclic) bond motifs is 1. The summed E-state index contributed by atoms with van der Waals surface area (Å²) >= 11 is 0. The second-order valence-electron chi connectivity index (χ2n) is 7.79. The standard InChI is InChI=1S/C21H27N3O3/c25-17-9-7-16(8-10-17)24-19-11-6-15(12-18(19)23-21(24)27)20(26)22-13-14-4-2-1-3-5-14/h4,6,11-12,16-17,25H,1-3,5,7-10,13H2,(H,22,26)(H,23,27). The molecule has 6 nitrogen and oxygen atoms in total. The number of rotatable bonds is 4. The molecule has 2 aliphatic carbocycles. The quantitative estimate of drug-likeness (QED) is 0.724. The molecule has 0 bridgehead atoms. The van der Waals surface area contributed by atoms with Crippen molar-refractivity contribution in [1.82, 2.24) is 14.9 Å². The van der Waals surface area contributed by atoms with Crippen LogP contribution in [-0.4, -0.2) is 33.2 Å². The van der Waals surface area contributed by atoms with Crippen LogP contribution in [0.3, 0.4) is 0 Å². The van der Waals surface area contributed by atoms with Crippen molar-refractivity contribution in [2.24, 2.45) is 0 Å². The first-order valence-electron chi connectivity index (χ1n) is 10.0. The minimum Gasteiger partial charge on any atom is -0.393 e. The van der Waals surface area contributed by atoms with Crippen LogP contribution in [0.4, 0.5) is 0 Å². The summed E-state index contributed by atoms with van der Waals surface area (Å²) in [7, 11) is 0. The second-order valence-corrected chi connectivity index (χ2v) is 7.79. The van der Waals surface area contributed by atoms with E-state index in [2.05, 4.69) is 16.4 Å². The smallest absolute Gasteiger partial charge is 0.326 e. The average molecular weight is 369 g/mol. The van der Waals surface area contributed by atoms with Gasteiger partial charge in [0.15, 0.2) is 0 Å². The summed E-state index contributed by atoms with van der Waals surface area (Å²) < 4.78 is 1.79. The first-order valence-corrected chi connectivity index (χ1v) is 10.0. The normalized spacial score (nSPS) is 23.2. The van der Waals surface area contributed by atoms with Crippen LogP contribution >= 0.6 is 0 Å². The molecule has 0 unspecified atom stereocenters. The molecule has 1 aromatic carbocycles. The lowest BCUT2D eigenvalue weighted by Crippen LogP contribution is -2.27. The molecule has 2 aliphatic rings. The van der Waals surface area contributed by atoms with Crippen molar-refractivity contribution in [2.75, 3.05) is 6.54 Å². The summed E-state index contributed by atoms with van der Waals surface area (Å²) in [5.41, 5.74) is 3.24. The first kappa shape index (κ1) is 18.0. The molecule has 4 rings (SSSR count). The first-order chi connectivity index (χ1) is 13.1. The van der Waals surface area contributed by atoms with Gasteiger partial charge in [-0.3, -0.25) is 9.36 Å². The molecule has 0 atom stereocenters. The molecule has 0 spiro atoms. The topological polar surface area (TPSA) is 87.1 Å². The van der Waals surface area contributed by atoms with Crippen molar-refractivity contribution >= 4 is 16.9 Å². The predicted molar refractivity (Wildman–Crippen MR) is 105 cm³/mol. The molecule has 1 saturated carbocycles. The highest BCUT2D eigenvalue weighted by Gasteiger charge is 2.24. The Hall–Kier alpha value is -2.34. The molecule has 0 aliphatic heterocycles. The van der Waals surface area contributed by atoms with Gasteiger partial charge in [-0.15, -0.1) is 0 Å². The minimum atomic E-state index is -0.253. The van der Waals surface area contributed by atoms with Gasteiger partial charge < -0.3 is 15.4 Å². The number of aliphatic hydroxyl groups is 1. The van der Waals surface area contributed by atoms with Crippen LogP contribution in [0, 0.1) is 0 Å². The molecular formula is C21H27N3O3. The lowest BCUT2D eigenvalue weighted by Gasteiger charge is -2.26. The van der Waals surface area contributed by atoms with Crippen molar-refractivity contribution in [3.8, 4) is 0 Å². The fourth-order valence-electron chi connectivity index (χ4n) is 4.31. The van der Waals surface area contributed by atoms with Gasteiger partial charge in [-0.2, -0.15) is 0 Å². The number of nitrogens with zero attached hydrogens (tertiary/aromatic N) is 1. The Morgan fingerprint density at radius 2 is 2.04 bits per heavy atom. The fraction of sp³-hybridized carbons (Fsp3) is 0.524. The zero-order chi connectivity index (χ0) is 18.8. The van der Waals surface area contributed by atoms with Gasteiger partial charge in [-0.1, -0.05) is 11.6 Å². The molecule has 2 aromatic rings. The third-order valence-electron chi connectivity index (χ3n) is 5.87. The van der Waals surface area contributed by atoms with Crippen LogP contribution in [-0.2, 0) is 0 Å². The number of carbonyl (C=O) groups is 1. The lowest BCUT2D eigenvalue weighted by atomic mass is 9.93. The molecular weight excluding hydrogens is 342 g/mol.